The molecule has 0 aromatic heterocycles. The molecule has 0 spiro atoms. The van der Waals surface area contributed by atoms with Crippen LogP contribution in [-0.4, -0.2) is 38.8 Å². The van der Waals surface area contributed by atoms with E-state index in [1.807, 2.05) is 0 Å². The average molecular weight is 317 g/mol. The molecule has 0 amide bonds. The summed E-state index contributed by atoms with van der Waals surface area (Å²) in [6.07, 6.45) is 0. The van der Waals surface area contributed by atoms with Gasteiger partial charge in [-0.2, -0.15) is 0 Å². The molecular weight excluding hydrogens is 294 g/mol. The van der Waals surface area contributed by atoms with Crippen molar-refractivity contribution in [1.82, 2.24) is 5.32 Å². The number of benzene rings is 2. The Labute approximate surface area is 143 Å². The number of piperidine rings is 1. The van der Waals surface area contributed by atoms with E-state index >= 15 is 0 Å². The van der Waals surface area contributed by atoms with Crippen LogP contribution in [0.2, 0.25) is 0 Å². The first-order valence-corrected chi connectivity index (χ1v) is 9.27. The van der Waals surface area contributed by atoms with Gasteiger partial charge in [0.2, 0.25) is 0 Å². The third-order valence-corrected chi connectivity index (χ3v) is 6.90. The minimum atomic E-state index is 0.537. The number of piperazine rings is 1. The second-order valence-electron chi connectivity index (χ2n) is 7.86. The Bertz CT molecular complexity index is 751. The highest BCUT2D eigenvalue weighted by atomic mass is 15.3. The lowest BCUT2D eigenvalue weighted by Gasteiger charge is -2.37. The van der Waals surface area contributed by atoms with E-state index < -0.39 is 0 Å². The van der Waals surface area contributed by atoms with Crippen LogP contribution < -0.4 is 15.1 Å². The van der Waals surface area contributed by atoms with Gasteiger partial charge >= 0.3 is 0 Å². The molecule has 24 heavy (non-hydrogen) atoms. The standard InChI is InChI=1S/C21H23N3/c1-2-4-16(5-3-1)23-10-12-24(13-11-23)17-8-6-15(7-9-17)21-14-22-20-18(21)19(20)21/h1-9,18-20,22H,10-14H2. The molecule has 2 atom stereocenters. The largest absolute Gasteiger partial charge is 0.368 e. The number of hydrogen-bond acceptors (Lipinski definition) is 3. The van der Waals surface area contributed by atoms with Gasteiger partial charge in [0.05, 0.1) is 0 Å². The van der Waals surface area contributed by atoms with Crippen LogP contribution in [0.3, 0.4) is 0 Å². The Morgan fingerprint density at radius 3 is 1.88 bits per heavy atom. The monoisotopic (exact) mass is 317 g/mol. The Hall–Kier alpha value is -2.00. The molecule has 2 unspecified atom stereocenters. The minimum Gasteiger partial charge on any atom is -0.368 e. The molecule has 2 aromatic carbocycles. The van der Waals surface area contributed by atoms with Crippen molar-refractivity contribution in [3.8, 4) is 0 Å². The highest BCUT2D eigenvalue weighted by molar-refractivity contribution is 5.58. The molecule has 3 nitrogen and oxygen atoms in total. The minimum absolute atomic E-state index is 0.537. The van der Waals surface area contributed by atoms with E-state index in [1.165, 1.54) is 17.9 Å². The molecule has 3 saturated heterocycles. The Morgan fingerprint density at radius 1 is 0.750 bits per heavy atom. The third kappa shape index (κ3) is 1.66. The molecule has 5 fully saturated rings. The first kappa shape index (κ1) is 13.3. The van der Waals surface area contributed by atoms with Gasteiger partial charge in [0.25, 0.3) is 0 Å². The molecule has 2 aliphatic carbocycles. The van der Waals surface area contributed by atoms with E-state index in [-0.39, 0.29) is 0 Å². The zero-order chi connectivity index (χ0) is 15.7. The molecule has 5 aliphatic rings. The number of nitrogens with zero attached hydrogens (tertiary/aromatic N) is 2. The topological polar surface area (TPSA) is 18.5 Å². The van der Waals surface area contributed by atoms with Crippen LogP contribution in [0.4, 0.5) is 11.4 Å². The lowest BCUT2D eigenvalue weighted by Crippen LogP contribution is -2.46. The van der Waals surface area contributed by atoms with Gasteiger partial charge in [-0.25, -0.2) is 0 Å². The highest BCUT2D eigenvalue weighted by Crippen LogP contribution is 2.80. The third-order valence-electron chi connectivity index (χ3n) is 6.90. The molecule has 122 valence electrons. The van der Waals surface area contributed by atoms with Gasteiger partial charge in [0.1, 0.15) is 0 Å². The van der Waals surface area contributed by atoms with Gasteiger partial charge in [-0.3, -0.25) is 0 Å². The average Bonchev–Trinajstić information content (AvgIpc) is 3.46. The molecule has 3 aliphatic heterocycles. The molecule has 2 bridgehead atoms. The molecular formula is C21H23N3. The van der Waals surface area contributed by atoms with Crippen molar-refractivity contribution in [1.29, 1.82) is 0 Å². The fourth-order valence-electron chi connectivity index (χ4n) is 5.44. The van der Waals surface area contributed by atoms with Crippen molar-refractivity contribution in [2.24, 2.45) is 11.8 Å². The van der Waals surface area contributed by atoms with Crippen molar-refractivity contribution < 1.29 is 0 Å². The summed E-state index contributed by atoms with van der Waals surface area (Å²) >= 11 is 0. The SMILES string of the molecule is c1ccc(N2CCN(c3ccc(C45CNC6C4C65)cc3)CC2)cc1. The van der Waals surface area contributed by atoms with Gasteiger partial charge in [0.15, 0.2) is 0 Å². The first-order chi connectivity index (χ1) is 11.9. The number of hydrogen-bond donors (Lipinski definition) is 1. The zero-order valence-corrected chi connectivity index (χ0v) is 13.9. The second kappa shape index (κ2) is 4.54. The summed E-state index contributed by atoms with van der Waals surface area (Å²) in [7, 11) is 0. The normalized spacial score (nSPS) is 35.8. The van der Waals surface area contributed by atoms with Crippen molar-refractivity contribution in [3.05, 3.63) is 60.2 Å². The predicted molar refractivity (Wildman–Crippen MR) is 97.8 cm³/mol. The Balaban J connectivity index is 1.14. The molecule has 2 aromatic rings. The van der Waals surface area contributed by atoms with E-state index in [1.54, 1.807) is 5.56 Å². The van der Waals surface area contributed by atoms with Crippen LogP contribution in [0.5, 0.6) is 0 Å². The smallest absolute Gasteiger partial charge is 0.0367 e. The van der Waals surface area contributed by atoms with Gasteiger partial charge in [-0.15, -0.1) is 0 Å². The fourth-order valence-corrected chi connectivity index (χ4v) is 5.44. The summed E-state index contributed by atoms with van der Waals surface area (Å²) in [4.78, 5) is 5.02. The maximum atomic E-state index is 3.65. The molecule has 3 heteroatoms. The quantitative estimate of drug-likeness (QED) is 0.938. The lowest BCUT2D eigenvalue weighted by atomic mass is 9.88. The van der Waals surface area contributed by atoms with E-state index in [0.717, 1.165) is 44.1 Å². The van der Waals surface area contributed by atoms with Crippen molar-refractivity contribution in [2.45, 2.75) is 11.5 Å². The number of rotatable bonds is 3. The summed E-state index contributed by atoms with van der Waals surface area (Å²) in [5.41, 5.74) is 4.85. The van der Waals surface area contributed by atoms with E-state index in [2.05, 4.69) is 69.7 Å². The van der Waals surface area contributed by atoms with Crippen molar-refractivity contribution in [3.63, 3.8) is 0 Å². The Kier molecular flexibility index (Phi) is 2.52. The summed E-state index contributed by atoms with van der Waals surface area (Å²) in [5.74, 6) is 1.94. The fraction of sp³-hybridized carbons (Fsp3) is 0.429. The lowest BCUT2D eigenvalue weighted by molar-refractivity contribution is 0.613. The van der Waals surface area contributed by atoms with Gasteiger partial charge in [0, 0.05) is 55.6 Å². The van der Waals surface area contributed by atoms with Gasteiger partial charge in [-0.05, 0) is 41.7 Å². The zero-order valence-electron chi connectivity index (χ0n) is 13.9. The molecule has 1 N–H and O–H groups in total. The molecule has 0 radical (unpaired) electrons. The number of anilines is 2. The van der Waals surface area contributed by atoms with E-state index in [9.17, 15) is 0 Å². The first-order valence-electron chi connectivity index (χ1n) is 9.27. The summed E-state index contributed by atoms with van der Waals surface area (Å²) in [6, 6.07) is 21.2. The Morgan fingerprint density at radius 2 is 1.33 bits per heavy atom. The van der Waals surface area contributed by atoms with Crippen LogP contribution in [-0.2, 0) is 5.41 Å². The van der Waals surface area contributed by atoms with E-state index in [0.29, 0.717) is 5.41 Å². The van der Waals surface area contributed by atoms with E-state index in [4.69, 9.17) is 0 Å². The summed E-state index contributed by atoms with van der Waals surface area (Å²) in [5, 5.41) is 3.65. The summed E-state index contributed by atoms with van der Waals surface area (Å²) in [6.45, 7) is 5.63. The molecule has 7 rings (SSSR count). The second-order valence-corrected chi connectivity index (χ2v) is 7.86. The highest BCUT2D eigenvalue weighted by Gasteiger charge is 2.87. The maximum Gasteiger partial charge on any atom is 0.0367 e. The molecule has 2 saturated carbocycles. The van der Waals surface area contributed by atoms with Gasteiger partial charge < -0.3 is 15.1 Å². The number of fused-ring (bicyclic) bond motifs is 1. The van der Waals surface area contributed by atoms with Crippen LogP contribution in [0.15, 0.2) is 54.6 Å². The number of para-hydroxylation sites is 1. The van der Waals surface area contributed by atoms with Crippen LogP contribution in [0.25, 0.3) is 0 Å². The maximum absolute atomic E-state index is 3.65. The van der Waals surface area contributed by atoms with Crippen LogP contribution in [0.1, 0.15) is 5.56 Å². The molecule has 3 heterocycles. The van der Waals surface area contributed by atoms with Crippen LogP contribution >= 0.6 is 0 Å². The predicted octanol–water partition coefficient (Wildman–Crippen LogP) is 2.48. The summed E-state index contributed by atoms with van der Waals surface area (Å²) < 4.78 is 0. The number of nitrogens with one attached hydrogen (secondary N) is 1. The van der Waals surface area contributed by atoms with Gasteiger partial charge in [-0.1, -0.05) is 30.3 Å². The van der Waals surface area contributed by atoms with Crippen LogP contribution in [0, 0.1) is 11.8 Å². The van der Waals surface area contributed by atoms with Crippen molar-refractivity contribution >= 4 is 11.4 Å². The van der Waals surface area contributed by atoms with Crippen molar-refractivity contribution in [2.75, 3.05) is 42.5 Å².